The minimum Gasteiger partial charge on any atom is -0.396 e. The van der Waals surface area contributed by atoms with E-state index in [0.29, 0.717) is 12.0 Å². The SMILES string of the molecule is CC1(C)CC=C[C@@](C)(CCO)C1. The highest BCUT2D eigenvalue weighted by atomic mass is 16.3. The molecule has 0 aromatic rings. The Morgan fingerprint density at radius 2 is 2.00 bits per heavy atom. The molecular formula is C11H20O. The second-order valence-electron chi connectivity index (χ2n) is 5.08. The van der Waals surface area contributed by atoms with Crippen LogP contribution in [0.2, 0.25) is 0 Å². The summed E-state index contributed by atoms with van der Waals surface area (Å²) in [6.07, 6.45) is 7.80. The lowest BCUT2D eigenvalue weighted by molar-refractivity contribution is 0.158. The van der Waals surface area contributed by atoms with Crippen LogP contribution in [0.1, 0.15) is 40.0 Å². The number of hydrogen-bond donors (Lipinski definition) is 1. The van der Waals surface area contributed by atoms with Crippen LogP contribution >= 0.6 is 0 Å². The van der Waals surface area contributed by atoms with E-state index in [2.05, 4.69) is 32.9 Å². The first-order valence-corrected chi connectivity index (χ1v) is 4.76. The monoisotopic (exact) mass is 168 g/mol. The first-order valence-electron chi connectivity index (χ1n) is 4.76. The maximum Gasteiger partial charge on any atom is 0.0439 e. The second kappa shape index (κ2) is 3.21. The van der Waals surface area contributed by atoms with E-state index in [1.807, 2.05) is 0 Å². The predicted molar refractivity (Wildman–Crippen MR) is 52.0 cm³/mol. The topological polar surface area (TPSA) is 20.2 Å². The summed E-state index contributed by atoms with van der Waals surface area (Å²) in [5.41, 5.74) is 0.648. The minimum absolute atomic E-state index is 0.233. The molecule has 1 aliphatic carbocycles. The summed E-state index contributed by atoms with van der Waals surface area (Å²) >= 11 is 0. The summed E-state index contributed by atoms with van der Waals surface area (Å²) in [6.45, 7) is 7.13. The van der Waals surface area contributed by atoms with E-state index in [9.17, 15) is 0 Å². The third-order valence-electron chi connectivity index (χ3n) is 2.76. The Morgan fingerprint density at radius 3 is 2.50 bits per heavy atom. The van der Waals surface area contributed by atoms with E-state index in [1.165, 1.54) is 12.8 Å². The summed E-state index contributed by atoms with van der Waals surface area (Å²) in [4.78, 5) is 0. The maximum atomic E-state index is 8.92. The number of rotatable bonds is 2. The van der Waals surface area contributed by atoms with Crippen LogP contribution in [-0.4, -0.2) is 11.7 Å². The summed E-state index contributed by atoms with van der Waals surface area (Å²) in [6, 6.07) is 0. The van der Waals surface area contributed by atoms with Crippen molar-refractivity contribution in [1.29, 1.82) is 0 Å². The van der Waals surface area contributed by atoms with Gasteiger partial charge in [0.2, 0.25) is 0 Å². The van der Waals surface area contributed by atoms with Crippen LogP contribution in [0.3, 0.4) is 0 Å². The van der Waals surface area contributed by atoms with E-state index in [0.717, 1.165) is 6.42 Å². The van der Waals surface area contributed by atoms with Crippen LogP contribution in [-0.2, 0) is 0 Å². The smallest absolute Gasteiger partial charge is 0.0439 e. The Morgan fingerprint density at radius 1 is 1.33 bits per heavy atom. The van der Waals surface area contributed by atoms with Gasteiger partial charge in [-0.15, -0.1) is 0 Å². The lowest BCUT2D eigenvalue weighted by Gasteiger charge is -2.38. The van der Waals surface area contributed by atoms with Gasteiger partial charge in [-0.2, -0.15) is 0 Å². The van der Waals surface area contributed by atoms with Gasteiger partial charge in [0.15, 0.2) is 0 Å². The normalized spacial score (nSPS) is 33.7. The number of allylic oxidation sites excluding steroid dienone is 2. The molecule has 1 rings (SSSR count). The molecule has 0 heterocycles. The van der Waals surface area contributed by atoms with Gasteiger partial charge in [-0.3, -0.25) is 0 Å². The summed E-state index contributed by atoms with van der Waals surface area (Å²) < 4.78 is 0. The molecule has 70 valence electrons. The van der Waals surface area contributed by atoms with Crippen molar-refractivity contribution in [2.45, 2.75) is 40.0 Å². The van der Waals surface area contributed by atoms with Gasteiger partial charge in [0, 0.05) is 6.61 Å². The molecule has 0 amide bonds. The third kappa shape index (κ3) is 2.34. The molecule has 0 saturated carbocycles. The molecule has 0 aliphatic heterocycles. The van der Waals surface area contributed by atoms with E-state index in [1.54, 1.807) is 0 Å². The number of aliphatic hydroxyl groups excluding tert-OH is 1. The van der Waals surface area contributed by atoms with Crippen LogP contribution < -0.4 is 0 Å². The predicted octanol–water partition coefficient (Wildman–Crippen LogP) is 2.75. The Hall–Kier alpha value is -0.300. The standard InChI is InChI=1S/C11H20O/c1-10(2)5-4-6-11(3,9-10)7-8-12/h4,6,12H,5,7-9H2,1-3H3/t11-/m0/s1. The van der Waals surface area contributed by atoms with E-state index in [-0.39, 0.29) is 5.41 Å². The molecule has 0 saturated heterocycles. The lowest BCUT2D eigenvalue weighted by Crippen LogP contribution is -2.28. The Labute approximate surface area is 75.5 Å². The van der Waals surface area contributed by atoms with E-state index < -0.39 is 0 Å². The van der Waals surface area contributed by atoms with Crippen LogP contribution in [0.4, 0.5) is 0 Å². The molecular weight excluding hydrogens is 148 g/mol. The van der Waals surface area contributed by atoms with Crippen LogP contribution in [0.15, 0.2) is 12.2 Å². The van der Waals surface area contributed by atoms with Crippen LogP contribution in [0.25, 0.3) is 0 Å². The highest BCUT2D eigenvalue weighted by Crippen LogP contribution is 2.43. The lowest BCUT2D eigenvalue weighted by atomic mass is 9.67. The maximum absolute atomic E-state index is 8.92. The summed E-state index contributed by atoms with van der Waals surface area (Å²) in [7, 11) is 0. The molecule has 12 heavy (non-hydrogen) atoms. The van der Waals surface area contributed by atoms with Gasteiger partial charge in [0.25, 0.3) is 0 Å². The molecule has 1 aliphatic rings. The van der Waals surface area contributed by atoms with Gasteiger partial charge in [0.1, 0.15) is 0 Å². The van der Waals surface area contributed by atoms with Crippen molar-refractivity contribution in [3.8, 4) is 0 Å². The number of hydrogen-bond acceptors (Lipinski definition) is 1. The molecule has 1 heteroatoms. The Bertz CT molecular complexity index is 181. The van der Waals surface area contributed by atoms with Crippen molar-refractivity contribution in [2.24, 2.45) is 10.8 Å². The first kappa shape index (κ1) is 9.79. The van der Waals surface area contributed by atoms with Gasteiger partial charge in [-0.05, 0) is 30.1 Å². The fourth-order valence-electron chi connectivity index (χ4n) is 2.31. The first-order chi connectivity index (χ1) is 5.47. The number of aliphatic hydroxyl groups is 1. The highest BCUT2D eigenvalue weighted by molar-refractivity contribution is 5.06. The van der Waals surface area contributed by atoms with Crippen molar-refractivity contribution in [2.75, 3.05) is 6.61 Å². The molecule has 1 nitrogen and oxygen atoms in total. The van der Waals surface area contributed by atoms with Crippen LogP contribution in [0, 0.1) is 10.8 Å². The van der Waals surface area contributed by atoms with Crippen molar-refractivity contribution < 1.29 is 5.11 Å². The third-order valence-corrected chi connectivity index (χ3v) is 2.76. The van der Waals surface area contributed by atoms with Crippen molar-refractivity contribution >= 4 is 0 Å². The van der Waals surface area contributed by atoms with Gasteiger partial charge in [0.05, 0.1) is 0 Å². The average molecular weight is 168 g/mol. The molecule has 0 radical (unpaired) electrons. The molecule has 0 aromatic heterocycles. The minimum atomic E-state index is 0.233. The molecule has 0 fully saturated rings. The summed E-state index contributed by atoms with van der Waals surface area (Å²) in [5.74, 6) is 0. The van der Waals surface area contributed by atoms with Gasteiger partial charge >= 0.3 is 0 Å². The Kier molecular flexibility index (Phi) is 2.62. The molecule has 0 aromatic carbocycles. The van der Waals surface area contributed by atoms with Crippen molar-refractivity contribution in [3.05, 3.63) is 12.2 Å². The zero-order chi connectivity index (χ0) is 9.24. The average Bonchev–Trinajstić information content (AvgIpc) is 1.83. The molecule has 0 bridgehead atoms. The molecule has 1 atom stereocenters. The molecule has 1 N–H and O–H groups in total. The van der Waals surface area contributed by atoms with E-state index >= 15 is 0 Å². The van der Waals surface area contributed by atoms with Crippen LogP contribution in [0.5, 0.6) is 0 Å². The Balaban J connectivity index is 2.67. The summed E-state index contributed by atoms with van der Waals surface area (Å²) in [5, 5.41) is 8.92. The molecule has 0 unspecified atom stereocenters. The zero-order valence-electron chi connectivity index (χ0n) is 8.43. The zero-order valence-corrected chi connectivity index (χ0v) is 8.43. The fourth-order valence-corrected chi connectivity index (χ4v) is 2.31. The van der Waals surface area contributed by atoms with Gasteiger partial charge < -0.3 is 5.11 Å². The van der Waals surface area contributed by atoms with E-state index in [4.69, 9.17) is 5.11 Å². The highest BCUT2D eigenvalue weighted by Gasteiger charge is 2.32. The fraction of sp³-hybridized carbons (Fsp3) is 0.818. The molecule has 0 spiro atoms. The largest absolute Gasteiger partial charge is 0.396 e. The van der Waals surface area contributed by atoms with Crippen molar-refractivity contribution in [1.82, 2.24) is 0 Å². The van der Waals surface area contributed by atoms with Gasteiger partial charge in [-0.1, -0.05) is 32.9 Å². The van der Waals surface area contributed by atoms with Crippen molar-refractivity contribution in [3.63, 3.8) is 0 Å². The second-order valence-corrected chi connectivity index (χ2v) is 5.08. The quantitative estimate of drug-likeness (QED) is 0.629. The van der Waals surface area contributed by atoms with Gasteiger partial charge in [-0.25, -0.2) is 0 Å².